The maximum Gasteiger partial charge on any atom is 0.313 e. The lowest BCUT2D eigenvalue weighted by Crippen LogP contribution is -2.46. The van der Waals surface area contributed by atoms with Gasteiger partial charge in [0.05, 0.1) is 12.0 Å². The number of carbonyl (C=O) groups excluding carboxylic acids is 1. The van der Waals surface area contributed by atoms with Gasteiger partial charge in [-0.25, -0.2) is 0 Å². The average molecular weight is 327 g/mol. The molecule has 1 aliphatic rings. The first-order valence-corrected chi connectivity index (χ1v) is 10.1. The lowest BCUT2D eigenvalue weighted by atomic mass is 9.87. The summed E-state index contributed by atoms with van der Waals surface area (Å²) < 4.78 is 5.21. The van der Waals surface area contributed by atoms with E-state index in [9.17, 15) is 9.90 Å². The molecule has 3 heteroatoms. The normalized spacial score (nSPS) is 21.8. The molecule has 0 spiro atoms. The second kappa shape index (κ2) is 12.8. The Morgan fingerprint density at radius 2 is 1.48 bits per heavy atom. The van der Waals surface area contributed by atoms with Crippen molar-refractivity contribution in [3.05, 3.63) is 0 Å². The number of unbranched alkanes of at least 4 members (excludes halogenated alkanes) is 9. The molecule has 0 aliphatic carbocycles. The van der Waals surface area contributed by atoms with Crippen LogP contribution in [0.4, 0.5) is 0 Å². The van der Waals surface area contributed by atoms with Gasteiger partial charge in [-0.3, -0.25) is 4.79 Å². The summed E-state index contributed by atoms with van der Waals surface area (Å²) in [5.74, 6) is -0.00792. The third-order valence-electron chi connectivity index (χ3n) is 5.03. The molecule has 0 saturated carbocycles. The fourth-order valence-corrected chi connectivity index (χ4v) is 3.41. The van der Waals surface area contributed by atoms with Crippen molar-refractivity contribution in [1.29, 1.82) is 0 Å². The van der Waals surface area contributed by atoms with Crippen molar-refractivity contribution in [2.75, 3.05) is 0 Å². The molecule has 1 N–H and O–H groups in total. The fraction of sp³-hybridized carbons (Fsp3) is 0.950. The molecular weight excluding hydrogens is 288 g/mol. The minimum atomic E-state index is -0.304. The van der Waals surface area contributed by atoms with E-state index in [0.29, 0.717) is 6.42 Å². The van der Waals surface area contributed by atoms with E-state index in [1.807, 2.05) is 0 Å². The second-order valence-electron chi connectivity index (χ2n) is 7.23. The average Bonchev–Trinajstić information content (AvgIpc) is 2.53. The second-order valence-corrected chi connectivity index (χ2v) is 7.23. The largest absolute Gasteiger partial charge is 0.461 e. The Hall–Kier alpha value is -0.570. The number of ether oxygens (including phenoxy) is 1. The minimum Gasteiger partial charge on any atom is -0.461 e. The van der Waals surface area contributed by atoms with Gasteiger partial charge in [-0.05, 0) is 12.8 Å². The lowest BCUT2D eigenvalue weighted by molar-refractivity contribution is -0.188. The third kappa shape index (κ3) is 8.74. The zero-order chi connectivity index (χ0) is 16.9. The lowest BCUT2D eigenvalue weighted by Gasteiger charge is -2.36. The minimum absolute atomic E-state index is 0.0254. The zero-order valence-electron chi connectivity index (χ0n) is 15.4. The van der Waals surface area contributed by atoms with Crippen LogP contribution in [0, 0.1) is 5.92 Å². The van der Waals surface area contributed by atoms with Crippen LogP contribution in [0.15, 0.2) is 0 Å². The van der Waals surface area contributed by atoms with E-state index in [2.05, 4.69) is 13.8 Å². The number of cyclic esters (lactones) is 1. The van der Waals surface area contributed by atoms with Crippen LogP contribution < -0.4 is 0 Å². The summed E-state index contributed by atoms with van der Waals surface area (Å²) >= 11 is 0. The molecule has 1 saturated heterocycles. The van der Waals surface area contributed by atoms with Gasteiger partial charge in [-0.2, -0.15) is 0 Å². The summed E-state index contributed by atoms with van der Waals surface area (Å²) in [4.78, 5) is 11.5. The van der Waals surface area contributed by atoms with Gasteiger partial charge in [0.25, 0.3) is 0 Å². The van der Waals surface area contributed by atoms with E-state index in [1.54, 1.807) is 0 Å². The smallest absolute Gasteiger partial charge is 0.313 e. The van der Waals surface area contributed by atoms with Crippen molar-refractivity contribution >= 4 is 5.97 Å². The molecule has 1 aliphatic heterocycles. The summed E-state index contributed by atoms with van der Waals surface area (Å²) in [5.41, 5.74) is 0. The van der Waals surface area contributed by atoms with Gasteiger partial charge in [-0.1, -0.05) is 84.5 Å². The van der Waals surface area contributed by atoms with Crippen molar-refractivity contribution in [3.8, 4) is 0 Å². The van der Waals surface area contributed by atoms with Gasteiger partial charge < -0.3 is 9.84 Å². The molecule has 1 rings (SSSR count). The highest BCUT2D eigenvalue weighted by molar-refractivity contribution is 5.78. The van der Waals surface area contributed by atoms with Crippen molar-refractivity contribution < 1.29 is 14.6 Å². The monoisotopic (exact) mass is 326 g/mol. The molecule has 1 heterocycles. The van der Waals surface area contributed by atoms with Crippen LogP contribution in [-0.4, -0.2) is 23.3 Å². The molecule has 0 amide bonds. The molecule has 0 radical (unpaired) electrons. The Bertz CT molecular complexity index is 303. The molecule has 0 bridgehead atoms. The fourth-order valence-electron chi connectivity index (χ4n) is 3.41. The number of rotatable bonds is 15. The van der Waals surface area contributed by atoms with Gasteiger partial charge in [-0.15, -0.1) is 0 Å². The zero-order valence-corrected chi connectivity index (χ0v) is 15.4. The number of aliphatic hydroxyl groups is 1. The Morgan fingerprint density at radius 3 is 2.04 bits per heavy atom. The van der Waals surface area contributed by atoms with Crippen LogP contribution in [0.3, 0.4) is 0 Å². The highest BCUT2D eigenvalue weighted by Gasteiger charge is 2.42. The molecule has 0 aromatic heterocycles. The van der Waals surface area contributed by atoms with Gasteiger partial charge in [0.1, 0.15) is 6.10 Å². The predicted molar refractivity (Wildman–Crippen MR) is 95.4 cm³/mol. The summed E-state index contributed by atoms with van der Waals surface area (Å²) in [6.07, 6.45) is 16.0. The van der Waals surface area contributed by atoms with Gasteiger partial charge in [0.15, 0.2) is 0 Å². The summed E-state index contributed by atoms with van der Waals surface area (Å²) in [5, 5.41) is 10.1. The highest BCUT2D eigenvalue weighted by Crippen LogP contribution is 2.31. The van der Waals surface area contributed by atoms with Crippen LogP contribution in [0.1, 0.15) is 104 Å². The van der Waals surface area contributed by atoms with Crippen molar-refractivity contribution in [2.24, 2.45) is 5.92 Å². The SMILES string of the molecule is CCCCCCCCCCCC(O)C[C@@H]1OC(=O)[C@H]1CCCC. The number of aliphatic hydroxyl groups excluding tert-OH is 1. The Balaban J connectivity index is 1.96. The molecule has 23 heavy (non-hydrogen) atoms. The molecule has 136 valence electrons. The quantitative estimate of drug-likeness (QED) is 0.324. The standard InChI is InChI=1S/C20H38O3/c1-3-5-7-8-9-10-11-12-13-14-17(21)16-19-18(15-6-4-2)20(22)23-19/h17-19,21H,3-16H2,1-2H3/t17?,18-,19-/m0/s1. The Labute approximate surface area is 143 Å². The molecule has 1 unspecified atom stereocenters. The topological polar surface area (TPSA) is 46.5 Å². The molecule has 0 aromatic carbocycles. The highest BCUT2D eigenvalue weighted by atomic mass is 16.6. The van der Waals surface area contributed by atoms with Crippen LogP contribution in [0.5, 0.6) is 0 Å². The Kier molecular flexibility index (Phi) is 11.4. The van der Waals surface area contributed by atoms with Crippen LogP contribution in [0.25, 0.3) is 0 Å². The molecule has 3 nitrogen and oxygen atoms in total. The van der Waals surface area contributed by atoms with Crippen molar-refractivity contribution in [1.82, 2.24) is 0 Å². The Morgan fingerprint density at radius 1 is 0.913 bits per heavy atom. The predicted octanol–water partition coefficient (Wildman–Crippen LogP) is 5.39. The molecule has 3 atom stereocenters. The third-order valence-corrected chi connectivity index (χ3v) is 5.03. The van der Waals surface area contributed by atoms with Gasteiger partial charge in [0.2, 0.25) is 0 Å². The maximum absolute atomic E-state index is 11.5. The molecule has 1 fully saturated rings. The van der Waals surface area contributed by atoms with Gasteiger partial charge in [0, 0.05) is 6.42 Å². The summed E-state index contributed by atoms with van der Waals surface area (Å²) in [6, 6.07) is 0. The van der Waals surface area contributed by atoms with Crippen LogP contribution >= 0.6 is 0 Å². The van der Waals surface area contributed by atoms with E-state index < -0.39 is 0 Å². The number of carbonyl (C=O) groups is 1. The van der Waals surface area contributed by atoms with E-state index in [1.165, 1.54) is 51.4 Å². The number of hydrogen-bond acceptors (Lipinski definition) is 3. The van der Waals surface area contributed by atoms with Crippen LogP contribution in [0.2, 0.25) is 0 Å². The van der Waals surface area contributed by atoms with Crippen LogP contribution in [-0.2, 0) is 9.53 Å². The first-order chi connectivity index (χ1) is 11.2. The van der Waals surface area contributed by atoms with E-state index in [-0.39, 0.29) is 24.1 Å². The van der Waals surface area contributed by atoms with Gasteiger partial charge >= 0.3 is 5.97 Å². The van der Waals surface area contributed by atoms with E-state index in [0.717, 1.165) is 32.1 Å². The molecular formula is C20H38O3. The first kappa shape index (κ1) is 20.5. The summed E-state index contributed by atoms with van der Waals surface area (Å²) in [6.45, 7) is 4.39. The van der Waals surface area contributed by atoms with Crippen molar-refractivity contribution in [3.63, 3.8) is 0 Å². The van der Waals surface area contributed by atoms with E-state index in [4.69, 9.17) is 4.74 Å². The van der Waals surface area contributed by atoms with Crippen molar-refractivity contribution in [2.45, 2.75) is 116 Å². The van der Waals surface area contributed by atoms with E-state index >= 15 is 0 Å². The first-order valence-electron chi connectivity index (χ1n) is 10.1. The number of esters is 1. The molecule has 0 aromatic rings. The number of hydrogen-bond donors (Lipinski definition) is 1. The maximum atomic E-state index is 11.5. The summed E-state index contributed by atoms with van der Waals surface area (Å²) in [7, 11) is 0.